The van der Waals surface area contributed by atoms with Gasteiger partial charge in [0.1, 0.15) is 18.2 Å². The van der Waals surface area contributed by atoms with Gasteiger partial charge in [0, 0.05) is 49.3 Å². The highest BCUT2D eigenvalue weighted by Crippen LogP contribution is 2.29. The van der Waals surface area contributed by atoms with Crippen molar-refractivity contribution >= 4 is 0 Å². The Kier molecular flexibility index (Phi) is 2.92. The molecule has 4 heterocycles. The lowest BCUT2D eigenvalue weighted by atomic mass is 10.1. The summed E-state index contributed by atoms with van der Waals surface area (Å²) in [6, 6.07) is 0. The van der Waals surface area contributed by atoms with Gasteiger partial charge in [-0.15, -0.1) is 0 Å². The van der Waals surface area contributed by atoms with Gasteiger partial charge < -0.3 is 9.26 Å². The van der Waals surface area contributed by atoms with Crippen LogP contribution in [0.15, 0.2) is 10.8 Å². The molecule has 0 N–H and O–H groups in total. The summed E-state index contributed by atoms with van der Waals surface area (Å²) in [5, 5.41) is 4.03. The van der Waals surface area contributed by atoms with Crippen molar-refractivity contribution in [3.63, 3.8) is 0 Å². The van der Waals surface area contributed by atoms with Crippen LogP contribution >= 0.6 is 0 Å². The van der Waals surface area contributed by atoms with Gasteiger partial charge in [-0.3, -0.25) is 4.90 Å². The molecule has 4 rings (SSSR count). The van der Waals surface area contributed by atoms with E-state index < -0.39 is 0 Å². The Morgan fingerprint density at radius 3 is 3.14 bits per heavy atom. The first-order chi connectivity index (χ1) is 10.2. The molecule has 0 saturated heterocycles. The third kappa shape index (κ3) is 2.29. The van der Waals surface area contributed by atoms with Gasteiger partial charge in [-0.2, -0.15) is 4.98 Å². The first-order valence-electron chi connectivity index (χ1n) is 7.34. The summed E-state index contributed by atoms with van der Waals surface area (Å²) in [5.74, 6) is 1.55. The summed E-state index contributed by atoms with van der Waals surface area (Å²) < 4.78 is 11.0. The van der Waals surface area contributed by atoms with E-state index in [0.29, 0.717) is 0 Å². The summed E-state index contributed by atoms with van der Waals surface area (Å²) in [6.07, 6.45) is 3.76. The van der Waals surface area contributed by atoms with E-state index in [2.05, 4.69) is 20.0 Å². The highest BCUT2D eigenvalue weighted by atomic mass is 16.5. The van der Waals surface area contributed by atoms with Crippen LogP contribution in [0.5, 0.6) is 5.88 Å². The molecule has 0 aromatic carbocycles. The van der Waals surface area contributed by atoms with Crippen LogP contribution < -0.4 is 4.74 Å². The fraction of sp³-hybridized carbons (Fsp3) is 0.533. The molecule has 0 saturated carbocycles. The van der Waals surface area contributed by atoms with Crippen LogP contribution in [-0.2, 0) is 19.4 Å². The van der Waals surface area contributed by atoms with E-state index in [1.807, 2.05) is 13.8 Å². The van der Waals surface area contributed by atoms with Crippen LogP contribution in [0.2, 0.25) is 0 Å². The van der Waals surface area contributed by atoms with Gasteiger partial charge in [0.2, 0.25) is 5.88 Å². The van der Waals surface area contributed by atoms with Crippen molar-refractivity contribution in [3.05, 3.63) is 34.6 Å². The van der Waals surface area contributed by atoms with Crippen molar-refractivity contribution in [1.82, 2.24) is 20.0 Å². The van der Waals surface area contributed by atoms with Crippen molar-refractivity contribution in [3.8, 4) is 5.88 Å². The van der Waals surface area contributed by atoms with Crippen molar-refractivity contribution in [2.24, 2.45) is 0 Å². The average molecular weight is 286 g/mol. The molecule has 0 bridgehead atoms. The molecule has 2 aliphatic heterocycles. The number of ether oxygens (including phenoxy) is 1. The lowest BCUT2D eigenvalue weighted by molar-refractivity contribution is 0.137. The molecular formula is C15H18N4O2. The van der Waals surface area contributed by atoms with E-state index in [-0.39, 0.29) is 6.10 Å². The number of rotatable bonds is 2. The molecule has 2 aromatic rings. The maximum atomic E-state index is 6.01. The van der Waals surface area contributed by atoms with Crippen LogP contribution in [0.1, 0.15) is 28.3 Å². The molecule has 0 fully saturated rings. The number of aromatic nitrogens is 3. The number of aryl methyl sites for hydroxylation is 2. The average Bonchev–Trinajstić information content (AvgIpc) is 3.04. The van der Waals surface area contributed by atoms with Crippen LogP contribution in [-0.4, -0.2) is 39.2 Å². The Bertz CT molecular complexity index is 682. The third-order valence-corrected chi connectivity index (χ3v) is 4.25. The zero-order valence-electron chi connectivity index (χ0n) is 12.3. The molecule has 0 amide bonds. The maximum absolute atomic E-state index is 6.01. The van der Waals surface area contributed by atoms with Crippen LogP contribution in [0.25, 0.3) is 0 Å². The molecule has 1 unspecified atom stereocenters. The van der Waals surface area contributed by atoms with Gasteiger partial charge in [0.15, 0.2) is 0 Å². The summed E-state index contributed by atoms with van der Waals surface area (Å²) in [5.41, 5.74) is 4.50. The zero-order valence-corrected chi connectivity index (χ0v) is 12.3. The normalized spacial score (nSPS) is 21.0. The Labute approximate surface area is 123 Å². The van der Waals surface area contributed by atoms with E-state index in [0.717, 1.165) is 61.1 Å². The van der Waals surface area contributed by atoms with E-state index in [9.17, 15) is 0 Å². The standard InChI is InChI=1S/C15H18N4O2/c1-9-13-5-12(21-15(13)17-10(2)16-9)7-19-4-3-14-11(6-19)8-20-18-14/h8,12H,3-7H2,1-2H3. The second-order valence-electron chi connectivity index (χ2n) is 5.86. The van der Waals surface area contributed by atoms with Gasteiger partial charge in [-0.05, 0) is 13.8 Å². The smallest absolute Gasteiger partial charge is 0.220 e. The van der Waals surface area contributed by atoms with Crippen molar-refractivity contribution in [2.45, 2.75) is 39.3 Å². The summed E-state index contributed by atoms with van der Waals surface area (Å²) in [4.78, 5) is 11.2. The van der Waals surface area contributed by atoms with Crippen LogP contribution in [0.3, 0.4) is 0 Å². The van der Waals surface area contributed by atoms with Crippen molar-refractivity contribution in [2.75, 3.05) is 13.1 Å². The van der Waals surface area contributed by atoms with Crippen LogP contribution in [0.4, 0.5) is 0 Å². The summed E-state index contributed by atoms with van der Waals surface area (Å²) in [7, 11) is 0. The quantitative estimate of drug-likeness (QED) is 0.832. The highest BCUT2D eigenvalue weighted by molar-refractivity contribution is 5.34. The molecule has 0 aliphatic carbocycles. The lowest BCUT2D eigenvalue weighted by Crippen LogP contribution is -2.38. The Balaban J connectivity index is 1.45. The van der Waals surface area contributed by atoms with E-state index >= 15 is 0 Å². The number of nitrogens with zero attached hydrogens (tertiary/aromatic N) is 4. The van der Waals surface area contributed by atoms with E-state index in [1.165, 1.54) is 5.56 Å². The maximum Gasteiger partial charge on any atom is 0.220 e. The largest absolute Gasteiger partial charge is 0.472 e. The number of hydrogen-bond acceptors (Lipinski definition) is 6. The predicted molar refractivity (Wildman–Crippen MR) is 75.1 cm³/mol. The molecule has 2 aliphatic rings. The number of fused-ring (bicyclic) bond motifs is 2. The molecule has 6 heteroatoms. The zero-order chi connectivity index (χ0) is 14.4. The SMILES string of the molecule is Cc1nc(C)c2c(n1)OC(CN1CCc3nocc3C1)C2. The Morgan fingerprint density at radius 1 is 1.33 bits per heavy atom. The lowest BCUT2D eigenvalue weighted by Gasteiger charge is -2.27. The molecule has 21 heavy (non-hydrogen) atoms. The minimum atomic E-state index is 0.163. The van der Waals surface area contributed by atoms with Gasteiger partial charge in [-0.25, -0.2) is 4.98 Å². The van der Waals surface area contributed by atoms with Crippen LogP contribution in [0, 0.1) is 13.8 Å². The van der Waals surface area contributed by atoms with Gasteiger partial charge in [0.25, 0.3) is 0 Å². The summed E-state index contributed by atoms with van der Waals surface area (Å²) >= 11 is 0. The first kappa shape index (κ1) is 12.8. The van der Waals surface area contributed by atoms with Gasteiger partial charge in [0.05, 0.1) is 5.69 Å². The minimum absolute atomic E-state index is 0.163. The monoisotopic (exact) mass is 286 g/mol. The second kappa shape index (κ2) is 4.80. The Morgan fingerprint density at radius 2 is 2.24 bits per heavy atom. The molecule has 6 nitrogen and oxygen atoms in total. The fourth-order valence-corrected chi connectivity index (χ4v) is 3.21. The molecule has 0 radical (unpaired) electrons. The van der Waals surface area contributed by atoms with Crippen molar-refractivity contribution in [1.29, 1.82) is 0 Å². The third-order valence-electron chi connectivity index (χ3n) is 4.25. The molecule has 1 atom stereocenters. The topological polar surface area (TPSA) is 64.3 Å². The van der Waals surface area contributed by atoms with E-state index in [4.69, 9.17) is 9.26 Å². The first-order valence-corrected chi connectivity index (χ1v) is 7.34. The van der Waals surface area contributed by atoms with Gasteiger partial charge >= 0.3 is 0 Å². The minimum Gasteiger partial charge on any atom is -0.472 e. The predicted octanol–water partition coefficient (Wildman–Crippen LogP) is 1.44. The second-order valence-corrected chi connectivity index (χ2v) is 5.86. The van der Waals surface area contributed by atoms with E-state index in [1.54, 1.807) is 6.26 Å². The molecular weight excluding hydrogens is 268 g/mol. The molecule has 0 spiro atoms. The summed E-state index contributed by atoms with van der Waals surface area (Å²) in [6.45, 7) is 6.73. The molecule has 110 valence electrons. The van der Waals surface area contributed by atoms with Gasteiger partial charge in [-0.1, -0.05) is 5.16 Å². The van der Waals surface area contributed by atoms with Crippen molar-refractivity contribution < 1.29 is 9.26 Å². The molecule has 2 aromatic heterocycles. The Hall–Kier alpha value is -1.95. The fourth-order valence-electron chi connectivity index (χ4n) is 3.21. The number of hydrogen-bond donors (Lipinski definition) is 0. The highest BCUT2D eigenvalue weighted by Gasteiger charge is 2.30.